The average molecular weight is 304 g/mol. The fourth-order valence-corrected chi connectivity index (χ4v) is 3.14. The van der Waals surface area contributed by atoms with Gasteiger partial charge in [-0.25, -0.2) is 0 Å². The van der Waals surface area contributed by atoms with Crippen LogP contribution >= 0.6 is 27.3 Å². The molecule has 0 spiro atoms. The summed E-state index contributed by atoms with van der Waals surface area (Å²) in [5.41, 5.74) is 1.44. The van der Waals surface area contributed by atoms with E-state index >= 15 is 0 Å². The van der Waals surface area contributed by atoms with Gasteiger partial charge in [0.15, 0.2) is 0 Å². The molecule has 1 heterocycles. The lowest BCUT2D eigenvalue weighted by molar-refractivity contribution is 0.483. The molecule has 3 heteroatoms. The number of hydrogen-bond acceptors (Lipinski definition) is 2. The van der Waals surface area contributed by atoms with Crippen molar-refractivity contribution in [3.63, 3.8) is 0 Å². The molecule has 1 N–H and O–H groups in total. The Hall–Kier alpha value is 0.140. The molecule has 1 nitrogen and oxygen atoms in total. The Morgan fingerprint density at radius 2 is 2.12 bits per heavy atom. The van der Waals surface area contributed by atoms with E-state index in [9.17, 15) is 0 Å². The molecule has 0 aliphatic carbocycles. The van der Waals surface area contributed by atoms with Gasteiger partial charge in [-0.15, -0.1) is 11.3 Å². The van der Waals surface area contributed by atoms with Crippen LogP contribution in [0.5, 0.6) is 0 Å². The second-order valence-corrected chi connectivity index (χ2v) is 6.43. The van der Waals surface area contributed by atoms with Gasteiger partial charge in [-0.1, -0.05) is 39.5 Å². The highest BCUT2D eigenvalue weighted by Gasteiger charge is 2.11. The van der Waals surface area contributed by atoms with Crippen LogP contribution in [0.4, 0.5) is 0 Å². The molecule has 0 bridgehead atoms. The largest absolute Gasteiger partial charge is 0.310 e. The lowest BCUT2D eigenvalue weighted by Gasteiger charge is -2.16. The van der Waals surface area contributed by atoms with Crippen LogP contribution in [0.2, 0.25) is 0 Å². The minimum absolute atomic E-state index is 0.546. The normalized spacial score (nSPS) is 12.9. The summed E-state index contributed by atoms with van der Waals surface area (Å²) in [6, 6.07) is 2.79. The molecule has 0 aliphatic heterocycles. The summed E-state index contributed by atoms with van der Waals surface area (Å²) in [7, 11) is 0. The van der Waals surface area contributed by atoms with E-state index in [0.29, 0.717) is 6.04 Å². The van der Waals surface area contributed by atoms with Crippen LogP contribution in [-0.4, -0.2) is 6.54 Å². The maximum absolute atomic E-state index is 3.57. The molecule has 1 rings (SSSR count). The number of hydrogen-bond donors (Lipinski definition) is 1. The van der Waals surface area contributed by atoms with Crippen molar-refractivity contribution in [1.29, 1.82) is 0 Å². The minimum Gasteiger partial charge on any atom is -0.310 e. The van der Waals surface area contributed by atoms with Crippen molar-refractivity contribution >= 4 is 27.3 Å². The first kappa shape index (κ1) is 14.2. The van der Waals surface area contributed by atoms with Gasteiger partial charge in [0.25, 0.3) is 0 Å². The third kappa shape index (κ3) is 4.98. The number of halogens is 1. The summed E-state index contributed by atoms with van der Waals surface area (Å²) < 4.78 is 1.24. The van der Waals surface area contributed by atoms with Crippen LogP contribution in [0.1, 0.15) is 57.6 Å². The summed E-state index contributed by atoms with van der Waals surface area (Å²) in [6.45, 7) is 5.49. The van der Waals surface area contributed by atoms with E-state index in [4.69, 9.17) is 0 Å². The summed E-state index contributed by atoms with van der Waals surface area (Å²) in [5, 5.41) is 5.84. The van der Waals surface area contributed by atoms with Crippen LogP contribution < -0.4 is 5.32 Å². The van der Waals surface area contributed by atoms with E-state index in [-0.39, 0.29) is 0 Å². The maximum atomic E-state index is 3.57. The van der Waals surface area contributed by atoms with Crippen LogP contribution in [0.25, 0.3) is 0 Å². The molecule has 0 saturated heterocycles. The highest BCUT2D eigenvalue weighted by Crippen LogP contribution is 2.28. The van der Waals surface area contributed by atoms with Crippen molar-refractivity contribution < 1.29 is 0 Å². The molecule has 1 unspecified atom stereocenters. The zero-order chi connectivity index (χ0) is 11.8. The Bertz CT molecular complexity index is 285. The maximum Gasteiger partial charge on any atom is 0.0701 e. The average Bonchev–Trinajstić information content (AvgIpc) is 2.69. The van der Waals surface area contributed by atoms with Gasteiger partial charge in [0, 0.05) is 6.04 Å². The number of rotatable bonds is 8. The highest BCUT2D eigenvalue weighted by atomic mass is 79.9. The number of unbranched alkanes of at least 4 members (excludes halogenated alkanes) is 3. The Labute approximate surface area is 112 Å². The predicted octanol–water partition coefficient (Wildman–Crippen LogP) is 5.13. The zero-order valence-corrected chi connectivity index (χ0v) is 12.7. The standard InChI is InChI=1S/C13H22BrNS/c1-3-5-6-7-8-12(15-4-2)11-9-13(14)16-10-11/h9-10,12,15H,3-8H2,1-2H3. The second-order valence-electron chi connectivity index (χ2n) is 4.14. The van der Waals surface area contributed by atoms with E-state index in [1.807, 2.05) is 0 Å². The molecule has 92 valence electrons. The van der Waals surface area contributed by atoms with Crippen molar-refractivity contribution in [2.75, 3.05) is 6.54 Å². The van der Waals surface area contributed by atoms with Gasteiger partial charge in [0.05, 0.1) is 3.79 Å². The van der Waals surface area contributed by atoms with Crippen molar-refractivity contribution in [3.05, 3.63) is 20.8 Å². The molecule has 0 aromatic carbocycles. The molecule has 0 aliphatic rings. The smallest absolute Gasteiger partial charge is 0.0701 e. The lowest BCUT2D eigenvalue weighted by atomic mass is 10.0. The van der Waals surface area contributed by atoms with E-state index in [1.165, 1.54) is 41.5 Å². The first-order chi connectivity index (χ1) is 7.77. The van der Waals surface area contributed by atoms with Crippen molar-refractivity contribution in [2.24, 2.45) is 0 Å². The Balaban J connectivity index is 2.41. The Morgan fingerprint density at radius 3 is 2.69 bits per heavy atom. The molecule has 1 atom stereocenters. The number of thiophene rings is 1. The molecule has 0 amide bonds. The molecule has 0 saturated carbocycles. The van der Waals surface area contributed by atoms with Crippen molar-refractivity contribution in [2.45, 2.75) is 52.0 Å². The van der Waals surface area contributed by atoms with Gasteiger partial charge >= 0.3 is 0 Å². The van der Waals surface area contributed by atoms with E-state index in [2.05, 4.69) is 46.5 Å². The van der Waals surface area contributed by atoms with Crippen LogP contribution in [0.15, 0.2) is 15.2 Å². The van der Waals surface area contributed by atoms with Gasteiger partial charge in [0.1, 0.15) is 0 Å². The minimum atomic E-state index is 0.546. The fourth-order valence-electron chi connectivity index (χ4n) is 1.91. The molecule has 16 heavy (non-hydrogen) atoms. The van der Waals surface area contributed by atoms with E-state index in [1.54, 1.807) is 11.3 Å². The summed E-state index contributed by atoms with van der Waals surface area (Å²) in [6.07, 6.45) is 6.64. The molecule has 1 aromatic heterocycles. The quantitative estimate of drug-likeness (QED) is 0.656. The first-order valence-corrected chi connectivity index (χ1v) is 7.92. The number of nitrogens with one attached hydrogen (secondary N) is 1. The molecule has 0 radical (unpaired) electrons. The van der Waals surface area contributed by atoms with Gasteiger partial charge in [0.2, 0.25) is 0 Å². The lowest BCUT2D eigenvalue weighted by Crippen LogP contribution is -2.20. The van der Waals surface area contributed by atoms with E-state index < -0.39 is 0 Å². The van der Waals surface area contributed by atoms with Crippen LogP contribution in [0.3, 0.4) is 0 Å². The van der Waals surface area contributed by atoms with Crippen LogP contribution in [0, 0.1) is 0 Å². The van der Waals surface area contributed by atoms with Crippen molar-refractivity contribution in [1.82, 2.24) is 5.32 Å². The van der Waals surface area contributed by atoms with E-state index in [0.717, 1.165) is 6.54 Å². The van der Waals surface area contributed by atoms with Gasteiger partial charge < -0.3 is 5.32 Å². The van der Waals surface area contributed by atoms with Gasteiger partial charge in [-0.2, -0.15) is 0 Å². The Morgan fingerprint density at radius 1 is 1.31 bits per heavy atom. The van der Waals surface area contributed by atoms with Gasteiger partial charge in [-0.05, 0) is 45.9 Å². The first-order valence-electron chi connectivity index (χ1n) is 6.25. The van der Waals surface area contributed by atoms with Gasteiger partial charge in [-0.3, -0.25) is 0 Å². The monoisotopic (exact) mass is 303 g/mol. The van der Waals surface area contributed by atoms with Crippen LogP contribution in [-0.2, 0) is 0 Å². The molecular formula is C13H22BrNS. The SMILES string of the molecule is CCCCCCC(NCC)c1csc(Br)c1. The zero-order valence-electron chi connectivity index (χ0n) is 10.3. The third-order valence-corrected chi connectivity index (χ3v) is 4.31. The Kier molecular flexibility index (Phi) is 7.33. The molecule has 0 fully saturated rings. The highest BCUT2D eigenvalue weighted by molar-refractivity contribution is 9.11. The summed E-state index contributed by atoms with van der Waals surface area (Å²) >= 11 is 5.31. The topological polar surface area (TPSA) is 12.0 Å². The fraction of sp³-hybridized carbons (Fsp3) is 0.692. The third-order valence-electron chi connectivity index (χ3n) is 2.79. The molecular weight excluding hydrogens is 282 g/mol. The molecule has 1 aromatic rings. The summed E-state index contributed by atoms with van der Waals surface area (Å²) in [5.74, 6) is 0. The summed E-state index contributed by atoms with van der Waals surface area (Å²) in [4.78, 5) is 0. The predicted molar refractivity (Wildman–Crippen MR) is 77.2 cm³/mol. The van der Waals surface area contributed by atoms with Crippen molar-refractivity contribution in [3.8, 4) is 0 Å². The second kappa shape index (κ2) is 8.26.